The summed E-state index contributed by atoms with van der Waals surface area (Å²) >= 11 is -0.388. The third-order valence-corrected chi connectivity index (χ3v) is 2.97. The monoisotopic (exact) mass is 199 g/mol. The molecule has 1 atom stereocenters. The van der Waals surface area contributed by atoms with Crippen LogP contribution in [-0.2, 0) is 11.1 Å². The Morgan fingerprint density at radius 2 is 2.33 bits per heavy atom. The molecule has 12 heavy (non-hydrogen) atoms. The maximum Gasteiger partial charge on any atom is 0.186 e. The van der Waals surface area contributed by atoms with Crippen LogP contribution in [0.25, 0.3) is 10.2 Å². The molecule has 0 spiro atoms. The van der Waals surface area contributed by atoms with Gasteiger partial charge in [0.05, 0.1) is 20.6 Å². The highest BCUT2D eigenvalue weighted by atomic mass is 32.2. The van der Waals surface area contributed by atoms with E-state index in [1.54, 1.807) is 23.7 Å². The van der Waals surface area contributed by atoms with Gasteiger partial charge in [0.2, 0.25) is 0 Å². The quantitative estimate of drug-likeness (QED) is 0.713. The Labute approximate surface area is 75.4 Å². The summed E-state index contributed by atoms with van der Waals surface area (Å²) in [4.78, 5) is 4.43. The molecule has 0 saturated carbocycles. The average Bonchev–Trinajstić information content (AvgIpc) is 2.49. The topological polar surface area (TPSA) is 50.2 Å². The zero-order valence-electron chi connectivity index (χ0n) is 5.93. The summed E-state index contributed by atoms with van der Waals surface area (Å²) < 4.78 is 20.5. The number of hydrogen-bond donors (Lipinski definition) is 1. The van der Waals surface area contributed by atoms with Gasteiger partial charge in [0.15, 0.2) is 11.1 Å². The summed E-state index contributed by atoms with van der Waals surface area (Å²) in [5.41, 5.74) is 2.49. The van der Waals surface area contributed by atoms with Crippen LogP contribution in [0.15, 0.2) is 28.6 Å². The number of fused-ring (bicyclic) bond motifs is 1. The van der Waals surface area contributed by atoms with Crippen LogP contribution in [0.3, 0.4) is 0 Å². The summed E-state index contributed by atoms with van der Waals surface area (Å²) in [5, 5.41) is 0. The van der Waals surface area contributed by atoms with Crippen LogP contribution in [-0.4, -0.2) is 13.7 Å². The first-order valence-electron chi connectivity index (χ1n) is 3.21. The van der Waals surface area contributed by atoms with E-state index in [0.717, 1.165) is 10.2 Å². The van der Waals surface area contributed by atoms with Crippen molar-refractivity contribution in [3.05, 3.63) is 23.7 Å². The van der Waals surface area contributed by atoms with Gasteiger partial charge in [-0.1, -0.05) is 0 Å². The lowest BCUT2D eigenvalue weighted by Gasteiger charge is -1.92. The van der Waals surface area contributed by atoms with Gasteiger partial charge in [0.25, 0.3) is 0 Å². The van der Waals surface area contributed by atoms with Crippen molar-refractivity contribution in [1.29, 1.82) is 0 Å². The van der Waals surface area contributed by atoms with Gasteiger partial charge in [-0.25, -0.2) is 9.19 Å². The van der Waals surface area contributed by atoms with Gasteiger partial charge in [-0.15, -0.1) is 11.3 Å². The smallest absolute Gasteiger partial charge is 0.186 e. The second kappa shape index (κ2) is 2.93. The Balaban J connectivity index is 2.68. The van der Waals surface area contributed by atoms with Crippen molar-refractivity contribution in [3.8, 4) is 0 Å². The number of hydrogen-bond acceptors (Lipinski definition) is 3. The number of rotatable bonds is 1. The van der Waals surface area contributed by atoms with E-state index in [1.807, 2.05) is 0 Å². The lowest BCUT2D eigenvalue weighted by atomic mass is 10.3. The first kappa shape index (κ1) is 7.85. The van der Waals surface area contributed by atoms with Crippen LogP contribution in [0.5, 0.6) is 0 Å². The molecule has 0 aliphatic rings. The molecule has 1 aromatic carbocycles. The van der Waals surface area contributed by atoms with E-state index in [2.05, 4.69) is 4.98 Å². The van der Waals surface area contributed by atoms with Gasteiger partial charge in [-0.05, 0) is 18.2 Å². The van der Waals surface area contributed by atoms with Gasteiger partial charge in [-0.2, -0.15) is 0 Å². The van der Waals surface area contributed by atoms with E-state index in [9.17, 15) is 4.21 Å². The molecule has 1 N–H and O–H groups in total. The minimum atomic E-state index is -1.90. The normalized spacial score (nSPS) is 13.4. The molecule has 0 fully saturated rings. The van der Waals surface area contributed by atoms with Gasteiger partial charge in [-0.3, -0.25) is 0 Å². The van der Waals surface area contributed by atoms with Crippen molar-refractivity contribution in [2.45, 2.75) is 4.90 Å². The lowest BCUT2D eigenvalue weighted by molar-refractivity contribution is 0.564. The van der Waals surface area contributed by atoms with Crippen molar-refractivity contribution in [2.24, 2.45) is 0 Å². The highest BCUT2D eigenvalue weighted by Crippen LogP contribution is 2.19. The summed E-state index contributed by atoms with van der Waals surface area (Å²) in [6, 6.07) is 5.06. The van der Waals surface area contributed by atoms with Crippen molar-refractivity contribution < 1.29 is 8.76 Å². The fourth-order valence-corrected chi connectivity index (χ4v) is 2.00. The van der Waals surface area contributed by atoms with Crippen LogP contribution in [0, 0.1) is 0 Å². The summed E-state index contributed by atoms with van der Waals surface area (Å²) in [5.74, 6) is 0. The van der Waals surface area contributed by atoms with Crippen molar-refractivity contribution in [2.75, 3.05) is 0 Å². The van der Waals surface area contributed by atoms with Crippen LogP contribution >= 0.6 is 11.3 Å². The molecular weight excluding hydrogens is 194 g/mol. The zero-order chi connectivity index (χ0) is 8.55. The average molecular weight is 199 g/mol. The standard InChI is InChI=1S/C7H5NO2S2/c9-12(10)5-1-2-7-6(3-5)8-4-11-7/h1-4H,(H,9,10). The van der Waals surface area contributed by atoms with Gasteiger partial charge < -0.3 is 4.55 Å². The molecule has 0 radical (unpaired) electrons. The van der Waals surface area contributed by atoms with Crippen molar-refractivity contribution in [1.82, 2.24) is 4.98 Å². The molecular formula is C7H5NO2S2. The Kier molecular flexibility index (Phi) is 1.92. The third-order valence-electron chi connectivity index (χ3n) is 1.50. The Hall–Kier alpha value is -0.780. The Morgan fingerprint density at radius 3 is 3.08 bits per heavy atom. The molecule has 0 aliphatic carbocycles. The number of aromatic nitrogens is 1. The van der Waals surface area contributed by atoms with E-state index in [0.29, 0.717) is 4.90 Å². The second-order valence-electron chi connectivity index (χ2n) is 2.23. The summed E-state index contributed by atoms with van der Waals surface area (Å²) in [7, 11) is 0. The van der Waals surface area contributed by atoms with E-state index >= 15 is 0 Å². The minimum Gasteiger partial charge on any atom is -0.302 e. The SMILES string of the molecule is O=S(O)c1ccc2scnc2c1. The molecule has 1 unspecified atom stereocenters. The molecule has 0 amide bonds. The largest absolute Gasteiger partial charge is 0.302 e. The fraction of sp³-hybridized carbons (Fsp3) is 0. The molecule has 62 valence electrons. The van der Waals surface area contributed by atoms with Crippen molar-refractivity contribution in [3.63, 3.8) is 0 Å². The Morgan fingerprint density at radius 1 is 1.50 bits per heavy atom. The number of thiazole rings is 1. The molecule has 5 heteroatoms. The highest BCUT2D eigenvalue weighted by molar-refractivity contribution is 7.79. The van der Waals surface area contributed by atoms with E-state index in [1.165, 1.54) is 11.3 Å². The molecule has 0 bridgehead atoms. The number of benzene rings is 1. The third kappa shape index (κ3) is 1.26. The van der Waals surface area contributed by atoms with E-state index < -0.39 is 11.1 Å². The summed E-state index contributed by atoms with van der Waals surface area (Å²) in [6.07, 6.45) is 0. The van der Waals surface area contributed by atoms with Gasteiger partial charge >= 0.3 is 0 Å². The van der Waals surface area contributed by atoms with E-state index in [-0.39, 0.29) is 0 Å². The molecule has 3 nitrogen and oxygen atoms in total. The maximum absolute atomic E-state index is 10.7. The molecule has 0 saturated heterocycles. The predicted molar refractivity (Wildman–Crippen MR) is 48.7 cm³/mol. The van der Waals surface area contributed by atoms with Gasteiger partial charge in [0, 0.05) is 0 Å². The van der Waals surface area contributed by atoms with Crippen LogP contribution in [0.1, 0.15) is 0 Å². The molecule has 1 aromatic heterocycles. The van der Waals surface area contributed by atoms with Crippen molar-refractivity contribution >= 4 is 32.6 Å². The molecule has 2 aromatic rings. The fourth-order valence-electron chi connectivity index (χ4n) is 0.946. The van der Waals surface area contributed by atoms with Crippen LogP contribution in [0.2, 0.25) is 0 Å². The highest BCUT2D eigenvalue weighted by Gasteiger charge is 2.02. The van der Waals surface area contributed by atoms with Crippen LogP contribution in [0.4, 0.5) is 0 Å². The Bertz CT molecular complexity index is 438. The zero-order valence-corrected chi connectivity index (χ0v) is 7.56. The maximum atomic E-state index is 10.7. The first-order valence-corrected chi connectivity index (χ1v) is 5.20. The molecule has 1 heterocycles. The summed E-state index contributed by atoms with van der Waals surface area (Å²) in [6.45, 7) is 0. The predicted octanol–water partition coefficient (Wildman–Crippen LogP) is 1.88. The van der Waals surface area contributed by atoms with E-state index in [4.69, 9.17) is 4.55 Å². The molecule has 0 aliphatic heterocycles. The first-order chi connectivity index (χ1) is 5.77. The lowest BCUT2D eigenvalue weighted by Crippen LogP contribution is -1.86. The minimum absolute atomic E-state index is 0.397. The number of nitrogens with zero attached hydrogens (tertiary/aromatic N) is 1. The van der Waals surface area contributed by atoms with Gasteiger partial charge in [0.1, 0.15) is 0 Å². The van der Waals surface area contributed by atoms with Crippen LogP contribution < -0.4 is 0 Å². The second-order valence-corrected chi connectivity index (χ2v) is 4.09. The molecule has 2 rings (SSSR count).